The molecule has 0 aliphatic carbocycles. The van der Waals surface area contributed by atoms with E-state index in [0.717, 1.165) is 5.56 Å². The van der Waals surface area contributed by atoms with Gasteiger partial charge in [-0.25, -0.2) is 0 Å². The molecule has 3 rings (SSSR count). The minimum absolute atomic E-state index is 0.000937. The van der Waals surface area contributed by atoms with Gasteiger partial charge in [-0.1, -0.05) is 35.5 Å². The van der Waals surface area contributed by atoms with Crippen LogP contribution in [0.15, 0.2) is 40.9 Å². The van der Waals surface area contributed by atoms with Crippen LogP contribution in [0, 0.1) is 6.92 Å². The summed E-state index contributed by atoms with van der Waals surface area (Å²) in [4.78, 5) is 26.5. The number of nitrogens with one attached hydrogen (secondary N) is 2. The topological polar surface area (TPSA) is 87.5 Å². The fourth-order valence-corrected chi connectivity index (χ4v) is 2.77. The van der Waals surface area contributed by atoms with E-state index in [0.29, 0.717) is 24.5 Å². The molecular weight excluding hydrogens is 308 g/mol. The number of likely N-dealkylation sites (tertiary alicyclic amines) is 1. The Kier molecular flexibility index (Phi) is 4.61. The summed E-state index contributed by atoms with van der Waals surface area (Å²) in [6.45, 7) is 2.44. The molecule has 7 nitrogen and oxygen atoms in total. The maximum atomic E-state index is 12.7. The highest BCUT2D eigenvalue weighted by Gasteiger charge is 2.33. The Morgan fingerprint density at radius 1 is 1.38 bits per heavy atom. The molecule has 24 heavy (non-hydrogen) atoms. The highest BCUT2D eigenvalue weighted by molar-refractivity contribution is 5.95. The minimum Gasteiger partial charge on any atom is -0.360 e. The fourth-order valence-electron chi connectivity index (χ4n) is 2.77. The zero-order valence-electron chi connectivity index (χ0n) is 13.7. The number of aromatic nitrogens is 1. The van der Waals surface area contributed by atoms with Crippen molar-refractivity contribution in [3.8, 4) is 0 Å². The van der Waals surface area contributed by atoms with Crippen LogP contribution in [0.1, 0.15) is 23.8 Å². The van der Waals surface area contributed by atoms with E-state index in [1.54, 1.807) is 24.9 Å². The predicted molar refractivity (Wildman–Crippen MR) is 88.2 cm³/mol. The fraction of sp³-hybridized carbons (Fsp3) is 0.353. The summed E-state index contributed by atoms with van der Waals surface area (Å²) in [6.07, 6.45) is 0.676. The van der Waals surface area contributed by atoms with Crippen molar-refractivity contribution >= 4 is 17.6 Å². The van der Waals surface area contributed by atoms with Gasteiger partial charge in [0.15, 0.2) is 5.82 Å². The molecule has 2 aromatic rings. The van der Waals surface area contributed by atoms with Crippen LogP contribution in [0.4, 0.5) is 5.82 Å². The molecular formula is C17H20N4O3. The SMILES string of the molecule is Cc1cc(NC(=O)C(NC2CCN(C)C2=O)c2ccccc2)no1. The third-order valence-electron chi connectivity index (χ3n) is 4.07. The van der Waals surface area contributed by atoms with Crippen LogP contribution in [0.5, 0.6) is 0 Å². The minimum atomic E-state index is -0.649. The van der Waals surface area contributed by atoms with Crippen LogP contribution >= 0.6 is 0 Å². The van der Waals surface area contributed by atoms with Crippen LogP contribution in [-0.2, 0) is 9.59 Å². The molecule has 1 aliphatic rings. The first kappa shape index (κ1) is 16.2. The summed E-state index contributed by atoms with van der Waals surface area (Å²) in [5, 5.41) is 9.69. The smallest absolute Gasteiger partial charge is 0.247 e. The number of aryl methyl sites for hydroxylation is 1. The summed E-state index contributed by atoms with van der Waals surface area (Å²) in [6, 6.07) is 9.94. The van der Waals surface area contributed by atoms with Gasteiger partial charge in [0.1, 0.15) is 11.8 Å². The van der Waals surface area contributed by atoms with E-state index in [4.69, 9.17) is 4.52 Å². The molecule has 1 aromatic carbocycles. The second-order valence-electron chi connectivity index (χ2n) is 5.92. The number of likely N-dealkylation sites (N-methyl/N-ethyl adjacent to an activating group) is 1. The highest BCUT2D eigenvalue weighted by Crippen LogP contribution is 2.19. The van der Waals surface area contributed by atoms with Gasteiger partial charge in [0.2, 0.25) is 11.8 Å². The lowest BCUT2D eigenvalue weighted by atomic mass is 10.0. The molecule has 126 valence electrons. The van der Waals surface area contributed by atoms with Crippen LogP contribution in [0.25, 0.3) is 0 Å². The molecule has 7 heteroatoms. The van der Waals surface area contributed by atoms with Crippen molar-refractivity contribution in [2.45, 2.75) is 25.4 Å². The molecule has 1 saturated heterocycles. The van der Waals surface area contributed by atoms with Gasteiger partial charge in [0.05, 0.1) is 6.04 Å². The Labute approximate surface area is 140 Å². The van der Waals surface area contributed by atoms with Crippen LogP contribution in [0.3, 0.4) is 0 Å². The van der Waals surface area contributed by atoms with E-state index < -0.39 is 6.04 Å². The summed E-state index contributed by atoms with van der Waals surface area (Å²) < 4.78 is 4.97. The van der Waals surface area contributed by atoms with Crippen LogP contribution < -0.4 is 10.6 Å². The van der Waals surface area contributed by atoms with Crippen molar-refractivity contribution in [3.63, 3.8) is 0 Å². The number of benzene rings is 1. The van der Waals surface area contributed by atoms with E-state index in [1.165, 1.54) is 0 Å². The first-order chi connectivity index (χ1) is 11.5. The number of hydrogen-bond donors (Lipinski definition) is 2. The van der Waals surface area contributed by atoms with Gasteiger partial charge in [0.25, 0.3) is 0 Å². The van der Waals surface area contributed by atoms with Gasteiger partial charge in [0, 0.05) is 19.7 Å². The Morgan fingerprint density at radius 2 is 2.12 bits per heavy atom. The van der Waals surface area contributed by atoms with E-state index in [9.17, 15) is 9.59 Å². The van der Waals surface area contributed by atoms with Gasteiger partial charge in [-0.05, 0) is 18.9 Å². The Hall–Kier alpha value is -2.67. The second-order valence-corrected chi connectivity index (χ2v) is 5.92. The zero-order valence-corrected chi connectivity index (χ0v) is 13.7. The largest absolute Gasteiger partial charge is 0.360 e. The van der Waals surface area contributed by atoms with Crippen LogP contribution in [-0.4, -0.2) is 41.5 Å². The number of carbonyl (C=O) groups is 2. The average Bonchev–Trinajstić information content (AvgIpc) is 3.12. The molecule has 0 saturated carbocycles. The number of amides is 2. The molecule has 0 bridgehead atoms. The number of nitrogens with zero attached hydrogens (tertiary/aromatic N) is 2. The summed E-state index contributed by atoms with van der Waals surface area (Å²) in [5.74, 6) is 0.690. The number of rotatable bonds is 5. The van der Waals surface area contributed by atoms with Crippen molar-refractivity contribution in [2.24, 2.45) is 0 Å². The monoisotopic (exact) mass is 328 g/mol. The molecule has 2 atom stereocenters. The third kappa shape index (κ3) is 3.46. The lowest BCUT2D eigenvalue weighted by Gasteiger charge is -2.21. The predicted octanol–water partition coefficient (Wildman–Crippen LogP) is 1.48. The third-order valence-corrected chi connectivity index (χ3v) is 4.07. The zero-order chi connectivity index (χ0) is 17.1. The van der Waals surface area contributed by atoms with Crippen molar-refractivity contribution in [3.05, 3.63) is 47.7 Å². The quantitative estimate of drug-likeness (QED) is 0.868. The molecule has 2 unspecified atom stereocenters. The number of hydrogen-bond acceptors (Lipinski definition) is 5. The molecule has 0 spiro atoms. The standard InChI is InChI=1S/C17H20N4O3/c1-11-10-14(20-24-11)19-16(22)15(12-6-4-3-5-7-12)18-13-8-9-21(2)17(13)23/h3-7,10,13,15,18H,8-9H2,1-2H3,(H,19,20,22). The molecule has 1 fully saturated rings. The molecule has 1 aromatic heterocycles. The van der Waals surface area contributed by atoms with Gasteiger partial charge < -0.3 is 14.7 Å². The molecule has 2 heterocycles. The van der Waals surface area contributed by atoms with Gasteiger partial charge >= 0.3 is 0 Å². The summed E-state index contributed by atoms with van der Waals surface area (Å²) in [7, 11) is 1.76. The van der Waals surface area contributed by atoms with Gasteiger partial charge in [-0.3, -0.25) is 14.9 Å². The Morgan fingerprint density at radius 3 is 2.71 bits per heavy atom. The lowest BCUT2D eigenvalue weighted by Crippen LogP contribution is -2.43. The molecule has 2 amide bonds. The lowest BCUT2D eigenvalue weighted by molar-refractivity contribution is -0.128. The van der Waals surface area contributed by atoms with Crippen molar-refractivity contribution in [1.29, 1.82) is 0 Å². The molecule has 0 radical (unpaired) electrons. The van der Waals surface area contributed by atoms with E-state index in [2.05, 4.69) is 15.8 Å². The second kappa shape index (κ2) is 6.84. The van der Waals surface area contributed by atoms with Gasteiger partial charge in [-0.15, -0.1) is 0 Å². The number of carbonyl (C=O) groups excluding carboxylic acids is 2. The summed E-state index contributed by atoms with van der Waals surface area (Å²) >= 11 is 0. The highest BCUT2D eigenvalue weighted by atomic mass is 16.5. The first-order valence-corrected chi connectivity index (χ1v) is 7.85. The molecule has 2 N–H and O–H groups in total. The maximum absolute atomic E-state index is 12.7. The van der Waals surface area contributed by atoms with E-state index in [-0.39, 0.29) is 17.9 Å². The van der Waals surface area contributed by atoms with E-state index in [1.807, 2.05) is 30.3 Å². The summed E-state index contributed by atoms with van der Waals surface area (Å²) in [5.41, 5.74) is 0.789. The first-order valence-electron chi connectivity index (χ1n) is 7.85. The van der Waals surface area contributed by atoms with Crippen LogP contribution in [0.2, 0.25) is 0 Å². The van der Waals surface area contributed by atoms with E-state index >= 15 is 0 Å². The maximum Gasteiger partial charge on any atom is 0.247 e. The normalized spacial score (nSPS) is 18.7. The Balaban J connectivity index is 1.79. The number of anilines is 1. The van der Waals surface area contributed by atoms with Crippen molar-refractivity contribution in [1.82, 2.24) is 15.4 Å². The Bertz CT molecular complexity index is 728. The van der Waals surface area contributed by atoms with Gasteiger partial charge in [-0.2, -0.15) is 0 Å². The molecule has 1 aliphatic heterocycles. The van der Waals surface area contributed by atoms with Crippen molar-refractivity contribution < 1.29 is 14.1 Å². The van der Waals surface area contributed by atoms with Crippen molar-refractivity contribution in [2.75, 3.05) is 18.9 Å². The average molecular weight is 328 g/mol.